The normalized spacial score (nSPS) is 12.2. The molecule has 0 saturated heterocycles. The van der Waals surface area contributed by atoms with E-state index >= 15 is 0 Å². The van der Waals surface area contributed by atoms with Gasteiger partial charge in [0.2, 0.25) is 23.4 Å². The van der Waals surface area contributed by atoms with Crippen molar-refractivity contribution in [2.45, 2.75) is 13.8 Å². The molecule has 0 bridgehead atoms. The van der Waals surface area contributed by atoms with Crippen molar-refractivity contribution < 1.29 is 28.8 Å². The molecule has 3 aromatic rings. The van der Waals surface area contributed by atoms with Crippen LogP contribution in [0, 0.1) is 0 Å². The monoisotopic (exact) mass is 540 g/mol. The van der Waals surface area contributed by atoms with Gasteiger partial charge in [-0.05, 0) is 48.5 Å². The Bertz CT molecular complexity index is 1440. The predicted molar refractivity (Wildman–Crippen MR) is 145 cm³/mol. The molecule has 4 rings (SSSR count). The zero-order valence-corrected chi connectivity index (χ0v) is 21.4. The molecule has 0 aromatic heterocycles. The summed E-state index contributed by atoms with van der Waals surface area (Å²) >= 11 is 0. The highest BCUT2D eigenvalue weighted by Gasteiger charge is 2.33. The Hall–Kier alpha value is -5.78. The standard InChI is InChI=1S/C28H24N6O6/c1-15(35)29-19-11-7-17(8-12-19)27(39)33-31-23-24(26(38)22-6-4-3-5-21(22)25(23)37)32-34-28(40)18-9-13-20(14-10-18)30-16(2)36/h3-14,31-32H,1-2H3,(H,29,35)(H,30,36)(H,33,39)(H,34,40). The van der Waals surface area contributed by atoms with Crippen LogP contribution in [0.25, 0.3) is 0 Å². The van der Waals surface area contributed by atoms with Gasteiger partial charge in [0.15, 0.2) is 0 Å². The van der Waals surface area contributed by atoms with E-state index in [9.17, 15) is 28.8 Å². The summed E-state index contributed by atoms with van der Waals surface area (Å²) in [7, 11) is 0. The van der Waals surface area contributed by atoms with Gasteiger partial charge in [0, 0.05) is 47.5 Å². The Morgan fingerprint density at radius 2 is 0.875 bits per heavy atom. The highest BCUT2D eigenvalue weighted by Crippen LogP contribution is 2.23. The Balaban J connectivity index is 1.53. The van der Waals surface area contributed by atoms with E-state index in [1.54, 1.807) is 12.1 Å². The van der Waals surface area contributed by atoms with E-state index in [4.69, 9.17) is 0 Å². The molecule has 12 nitrogen and oxygen atoms in total. The summed E-state index contributed by atoms with van der Waals surface area (Å²) in [6.07, 6.45) is 0. The molecule has 0 aliphatic heterocycles. The van der Waals surface area contributed by atoms with Gasteiger partial charge >= 0.3 is 0 Å². The number of carbonyl (C=O) groups is 6. The van der Waals surface area contributed by atoms with Gasteiger partial charge in [0.05, 0.1) is 0 Å². The topological polar surface area (TPSA) is 175 Å². The van der Waals surface area contributed by atoms with Crippen molar-refractivity contribution in [1.82, 2.24) is 21.7 Å². The summed E-state index contributed by atoms with van der Waals surface area (Å²) in [4.78, 5) is 74.3. The van der Waals surface area contributed by atoms with E-state index in [0.717, 1.165) is 0 Å². The van der Waals surface area contributed by atoms with Gasteiger partial charge in [-0.15, -0.1) is 0 Å². The molecule has 0 radical (unpaired) electrons. The quantitative estimate of drug-likeness (QED) is 0.235. The van der Waals surface area contributed by atoms with Gasteiger partial charge in [0.25, 0.3) is 11.8 Å². The lowest BCUT2D eigenvalue weighted by Crippen LogP contribution is -2.47. The van der Waals surface area contributed by atoms with Gasteiger partial charge in [-0.2, -0.15) is 0 Å². The first-order chi connectivity index (χ1) is 19.1. The molecule has 40 heavy (non-hydrogen) atoms. The average Bonchev–Trinajstić information content (AvgIpc) is 2.93. The number of allylic oxidation sites excluding steroid dienone is 2. The zero-order valence-electron chi connectivity index (χ0n) is 21.4. The number of hydrogen-bond donors (Lipinski definition) is 6. The number of fused-ring (bicyclic) bond motifs is 1. The number of benzene rings is 3. The van der Waals surface area contributed by atoms with Crippen molar-refractivity contribution in [3.05, 3.63) is 106 Å². The minimum Gasteiger partial charge on any atom is -0.326 e. The van der Waals surface area contributed by atoms with E-state index < -0.39 is 23.4 Å². The lowest BCUT2D eigenvalue weighted by molar-refractivity contribution is -0.115. The van der Waals surface area contributed by atoms with Gasteiger partial charge in [-0.25, -0.2) is 0 Å². The van der Waals surface area contributed by atoms with Crippen LogP contribution < -0.4 is 32.3 Å². The van der Waals surface area contributed by atoms with Crippen molar-refractivity contribution in [1.29, 1.82) is 0 Å². The molecule has 1 aliphatic carbocycles. The predicted octanol–water partition coefficient (Wildman–Crippen LogP) is 2.06. The lowest BCUT2D eigenvalue weighted by Gasteiger charge is -2.23. The Morgan fingerprint density at radius 1 is 0.525 bits per heavy atom. The third-order valence-electron chi connectivity index (χ3n) is 5.66. The second-order valence-electron chi connectivity index (χ2n) is 8.63. The number of hydrazine groups is 2. The molecule has 12 heteroatoms. The molecule has 0 fully saturated rings. The number of carbonyl (C=O) groups excluding carboxylic acids is 6. The van der Waals surface area contributed by atoms with Crippen molar-refractivity contribution in [3.8, 4) is 0 Å². The van der Waals surface area contributed by atoms with Crippen LogP contribution in [0.3, 0.4) is 0 Å². The van der Waals surface area contributed by atoms with E-state index in [0.29, 0.717) is 11.4 Å². The summed E-state index contributed by atoms with van der Waals surface area (Å²) in [5, 5.41) is 5.18. The summed E-state index contributed by atoms with van der Waals surface area (Å²) in [5.74, 6) is -2.95. The van der Waals surface area contributed by atoms with Crippen LogP contribution >= 0.6 is 0 Å². The Kier molecular flexibility index (Phi) is 7.99. The average molecular weight is 541 g/mol. The first-order valence-corrected chi connectivity index (χ1v) is 11.9. The highest BCUT2D eigenvalue weighted by molar-refractivity contribution is 6.26. The number of ketones is 2. The first-order valence-electron chi connectivity index (χ1n) is 11.9. The molecule has 4 amide bonds. The fourth-order valence-corrected chi connectivity index (χ4v) is 3.81. The van der Waals surface area contributed by atoms with Crippen LogP contribution in [0.4, 0.5) is 11.4 Å². The molecule has 0 saturated carbocycles. The van der Waals surface area contributed by atoms with E-state index in [2.05, 4.69) is 32.3 Å². The lowest BCUT2D eigenvalue weighted by atomic mass is 9.90. The van der Waals surface area contributed by atoms with Crippen molar-refractivity contribution >= 4 is 46.6 Å². The number of hydrogen-bond acceptors (Lipinski definition) is 8. The molecule has 0 unspecified atom stereocenters. The minimum atomic E-state index is -0.622. The number of rotatable bonds is 8. The summed E-state index contributed by atoms with van der Waals surface area (Å²) in [5.41, 5.74) is 10.9. The van der Waals surface area contributed by atoms with E-state index in [1.807, 2.05) is 0 Å². The Labute approximate surface area is 228 Å². The smallest absolute Gasteiger partial charge is 0.269 e. The molecule has 202 valence electrons. The molecule has 0 atom stereocenters. The summed E-state index contributed by atoms with van der Waals surface area (Å²) in [6.45, 7) is 2.72. The largest absolute Gasteiger partial charge is 0.326 e. The SMILES string of the molecule is CC(=O)Nc1ccc(C(=O)NNC2=C(NNC(=O)c3ccc(NC(C)=O)cc3)C(=O)c3ccccc3C2=O)cc1. The van der Waals surface area contributed by atoms with Crippen LogP contribution in [0.15, 0.2) is 84.2 Å². The van der Waals surface area contributed by atoms with Crippen LogP contribution in [-0.4, -0.2) is 35.2 Å². The van der Waals surface area contributed by atoms with Gasteiger partial charge in [0.1, 0.15) is 11.4 Å². The number of amides is 4. The summed E-state index contributed by atoms with van der Waals surface area (Å²) < 4.78 is 0. The van der Waals surface area contributed by atoms with Gasteiger partial charge in [-0.1, -0.05) is 24.3 Å². The second kappa shape index (κ2) is 11.7. The number of Topliss-reactive ketones (excluding diaryl/α,β-unsaturated/α-hetero) is 2. The molecular formula is C28H24N6O6. The molecule has 3 aromatic carbocycles. The van der Waals surface area contributed by atoms with Crippen molar-refractivity contribution in [3.63, 3.8) is 0 Å². The number of nitrogens with one attached hydrogen (secondary N) is 6. The fraction of sp³-hybridized carbons (Fsp3) is 0.0714. The maximum Gasteiger partial charge on any atom is 0.269 e. The van der Waals surface area contributed by atoms with E-state index in [1.165, 1.54) is 74.5 Å². The van der Waals surface area contributed by atoms with Crippen LogP contribution in [0.5, 0.6) is 0 Å². The van der Waals surface area contributed by atoms with Crippen LogP contribution in [-0.2, 0) is 9.59 Å². The molecule has 1 aliphatic rings. The van der Waals surface area contributed by atoms with Crippen LogP contribution in [0.1, 0.15) is 55.3 Å². The summed E-state index contributed by atoms with van der Waals surface area (Å²) in [6, 6.07) is 18.2. The maximum atomic E-state index is 13.3. The van der Waals surface area contributed by atoms with Crippen LogP contribution in [0.2, 0.25) is 0 Å². The van der Waals surface area contributed by atoms with Crippen molar-refractivity contribution in [2.24, 2.45) is 0 Å². The third kappa shape index (κ3) is 6.19. The fourth-order valence-electron chi connectivity index (χ4n) is 3.81. The molecule has 0 spiro atoms. The highest BCUT2D eigenvalue weighted by atomic mass is 16.2. The maximum absolute atomic E-state index is 13.3. The second-order valence-corrected chi connectivity index (χ2v) is 8.63. The van der Waals surface area contributed by atoms with Gasteiger partial charge < -0.3 is 10.6 Å². The van der Waals surface area contributed by atoms with E-state index in [-0.39, 0.29) is 45.5 Å². The third-order valence-corrected chi connectivity index (χ3v) is 5.66. The molecule has 0 heterocycles. The minimum absolute atomic E-state index is 0.120. The Morgan fingerprint density at radius 3 is 1.20 bits per heavy atom. The molecular weight excluding hydrogens is 516 g/mol. The van der Waals surface area contributed by atoms with Crippen molar-refractivity contribution in [2.75, 3.05) is 10.6 Å². The zero-order chi connectivity index (χ0) is 28.8. The molecule has 6 N–H and O–H groups in total. The first kappa shape index (κ1) is 27.3. The number of anilines is 2. The van der Waals surface area contributed by atoms with Gasteiger partial charge in [-0.3, -0.25) is 50.5 Å².